The van der Waals surface area contributed by atoms with E-state index in [4.69, 9.17) is 16.3 Å². The zero-order valence-corrected chi connectivity index (χ0v) is 12.6. The van der Waals surface area contributed by atoms with E-state index in [1.807, 2.05) is 13.0 Å². The van der Waals surface area contributed by atoms with Crippen molar-refractivity contribution in [1.82, 2.24) is 4.90 Å². The smallest absolute Gasteiger partial charge is 0.244 e. The monoisotopic (exact) mass is 294 g/mol. The largest absolute Gasteiger partial charge is 0.495 e. The summed E-state index contributed by atoms with van der Waals surface area (Å²) in [4.78, 5) is 16.4. The normalized spacial score (nSPS) is 20.1. The van der Waals surface area contributed by atoms with E-state index in [0.29, 0.717) is 23.9 Å². The van der Waals surface area contributed by atoms with Crippen molar-refractivity contribution in [3.63, 3.8) is 0 Å². The van der Waals surface area contributed by atoms with Crippen LogP contribution < -0.4 is 9.64 Å². The summed E-state index contributed by atoms with van der Waals surface area (Å²) in [6.45, 7) is 7.77. The average molecular weight is 295 g/mol. The van der Waals surface area contributed by atoms with Crippen LogP contribution >= 0.6 is 11.6 Å². The Hall–Kier alpha value is -1.52. The maximum atomic E-state index is 12.5. The molecular weight excluding hydrogens is 276 g/mol. The molecule has 0 saturated carbocycles. The fraction of sp³-hybridized carbons (Fsp3) is 0.400. The number of ether oxygens (including phenoxy) is 1. The number of nitrogens with zero attached hydrogens (tertiary/aromatic N) is 2. The van der Waals surface area contributed by atoms with Gasteiger partial charge in [0.2, 0.25) is 5.91 Å². The third-order valence-electron chi connectivity index (χ3n) is 3.58. The predicted molar refractivity (Wildman–Crippen MR) is 81.6 cm³/mol. The van der Waals surface area contributed by atoms with Gasteiger partial charge in [-0.1, -0.05) is 17.7 Å². The molecule has 0 radical (unpaired) electrons. The third kappa shape index (κ3) is 2.81. The van der Waals surface area contributed by atoms with Crippen molar-refractivity contribution in [2.24, 2.45) is 0 Å². The molecule has 108 valence electrons. The molecule has 2 rings (SSSR count). The molecule has 0 spiro atoms. The lowest BCUT2D eigenvalue weighted by Gasteiger charge is -2.39. The van der Waals surface area contributed by atoms with Crippen molar-refractivity contribution in [3.8, 4) is 5.75 Å². The van der Waals surface area contributed by atoms with Crippen molar-refractivity contribution in [1.29, 1.82) is 0 Å². The van der Waals surface area contributed by atoms with Crippen LogP contribution in [0.1, 0.15) is 6.92 Å². The molecule has 1 unspecified atom stereocenters. The van der Waals surface area contributed by atoms with Gasteiger partial charge < -0.3 is 9.64 Å². The number of benzene rings is 1. The quantitative estimate of drug-likeness (QED) is 0.800. The first-order valence-electron chi connectivity index (χ1n) is 6.58. The van der Waals surface area contributed by atoms with Gasteiger partial charge in [-0.3, -0.25) is 9.69 Å². The molecular formula is C15H19ClN2O2. The van der Waals surface area contributed by atoms with Gasteiger partial charge in [-0.25, -0.2) is 0 Å². The van der Waals surface area contributed by atoms with Gasteiger partial charge >= 0.3 is 0 Å². The molecule has 1 heterocycles. The van der Waals surface area contributed by atoms with Crippen LogP contribution in [-0.2, 0) is 4.79 Å². The summed E-state index contributed by atoms with van der Waals surface area (Å²) >= 11 is 6.04. The first-order valence-corrected chi connectivity index (χ1v) is 6.96. The maximum Gasteiger partial charge on any atom is 0.244 e. The third-order valence-corrected chi connectivity index (χ3v) is 3.81. The molecule has 20 heavy (non-hydrogen) atoms. The Morgan fingerprint density at radius 1 is 1.50 bits per heavy atom. The van der Waals surface area contributed by atoms with Gasteiger partial charge in [-0.15, -0.1) is 6.58 Å². The minimum absolute atomic E-state index is 0.0543. The predicted octanol–water partition coefficient (Wildman–Crippen LogP) is 2.57. The molecule has 1 aromatic carbocycles. The molecule has 4 nitrogen and oxygen atoms in total. The fourth-order valence-corrected chi connectivity index (χ4v) is 2.61. The summed E-state index contributed by atoms with van der Waals surface area (Å²) in [5, 5.41) is 0.592. The summed E-state index contributed by atoms with van der Waals surface area (Å²) in [7, 11) is 1.59. The molecule has 1 amide bonds. The molecule has 0 aromatic heterocycles. The first kappa shape index (κ1) is 14.9. The fourth-order valence-electron chi connectivity index (χ4n) is 2.44. The van der Waals surface area contributed by atoms with Crippen molar-refractivity contribution in [3.05, 3.63) is 35.9 Å². The van der Waals surface area contributed by atoms with E-state index in [0.717, 1.165) is 12.2 Å². The molecule has 1 aliphatic heterocycles. The van der Waals surface area contributed by atoms with Gasteiger partial charge in [0.15, 0.2) is 0 Å². The lowest BCUT2D eigenvalue weighted by molar-refractivity contribution is -0.124. The van der Waals surface area contributed by atoms with E-state index in [2.05, 4.69) is 11.5 Å². The van der Waals surface area contributed by atoms with E-state index in [1.165, 1.54) is 0 Å². The number of rotatable bonds is 4. The molecule has 1 fully saturated rings. The van der Waals surface area contributed by atoms with Crippen LogP contribution in [0.25, 0.3) is 0 Å². The molecule has 0 bridgehead atoms. The molecule has 5 heteroatoms. The van der Waals surface area contributed by atoms with E-state index in [-0.39, 0.29) is 11.9 Å². The zero-order valence-electron chi connectivity index (χ0n) is 11.8. The molecule has 1 aliphatic rings. The maximum absolute atomic E-state index is 12.5. The molecule has 0 aliphatic carbocycles. The number of methoxy groups -OCH3 is 1. The summed E-state index contributed by atoms with van der Waals surface area (Å²) in [6.07, 6.45) is 1.82. The number of hydrogen-bond acceptors (Lipinski definition) is 3. The Balaban J connectivity index is 2.28. The van der Waals surface area contributed by atoms with Crippen LogP contribution in [0.15, 0.2) is 30.9 Å². The second-order valence-corrected chi connectivity index (χ2v) is 5.20. The molecule has 1 aromatic rings. The van der Waals surface area contributed by atoms with Crippen LogP contribution in [0.4, 0.5) is 5.69 Å². The number of anilines is 1. The van der Waals surface area contributed by atoms with Crippen molar-refractivity contribution in [2.45, 2.75) is 13.0 Å². The van der Waals surface area contributed by atoms with Gasteiger partial charge in [-0.05, 0) is 25.1 Å². The lowest BCUT2D eigenvalue weighted by atomic mass is 10.1. The Kier molecular flexibility index (Phi) is 4.68. The second kappa shape index (κ2) is 6.29. The summed E-state index contributed by atoms with van der Waals surface area (Å²) < 4.78 is 5.33. The Morgan fingerprint density at radius 2 is 2.25 bits per heavy atom. The highest BCUT2D eigenvalue weighted by molar-refractivity contribution is 6.31. The number of hydrogen-bond donors (Lipinski definition) is 0. The number of carbonyl (C=O) groups is 1. The van der Waals surface area contributed by atoms with Crippen molar-refractivity contribution >= 4 is 23.2 Å². The second-order valence-electron chi connectivity index (χ2n) is 4.77. The minimum Gasteiger partial charge on any atom is -0.495 e. The van der Waals surface area contributed by atoms with Crippen LogP contribution in [0.3, 0.4) is 0 Å². The number of halogens is 1. The topological polar surface area (TPSA) is 32.8 Å². The molecule has 1 saturated heterocycles. The Morgan fingerprint density at radius 3 is 2.90 bits per heavy atom. The van der Waals surface area contributed by atoms with Crippen molar-refractivity contribution < 1.29 is 9.53 Å². The average Bonchev–Trinajstić information content (AvgIpc) is 2.44. The lowest BCUT2D eigenvalue weighted by Crippen LogP contribution is -2.56. The first-order chi connectivity index (χ1) is 9.58. The molecule has 0 N–H and O–H groups in total. The van der Waals surface area contributed by atoms with Crippen LogP contribution in [-0.4, -0.2) is 43.6 Å². The van der Waals surface area contributed by atoms with Gasteiger partial charge in [0.05, 0.1) is 18.8 Å². The summed E-state index contributed by atoms with van der Waals surface area (Å²) in [6, 6.07) is 5.14. The zero-order chi connectivity index (χ0) is 14.7. The number of piperazine rings is 1. The van der Waals surface area contributed by atoms with Crippen LogP contribution in [0.2, 0.25) is 5.02 Å². The van der Waals surface area contributed by atoms with E-state index in [9.17, 15) is 4.79 Å². The molecule has 1 atom stereocenters. The number of carbonyl (C=O) groups excluding carboxylic acids is 1. The van der Waals surface area contributed by atoms with E-state index in [1.54, 1.807) is 30.2 Å². The Bertz CT molecular complexity index is 519. The van der Waals surface area contributed by atoms with Gasteiger partial charge in [-0.2, -0.15) is 0 Å². The van der Waals surface area contributed by atoms with Gasteiger partial charge in [0.1, 0.15) is 5.75 Å². The SMILES string of the molecule is C=CCN1CCN(c2cc(Cl)ccc2OC)C(=O)C1C. The van der Waals surface area contributed by atoms with E-state index >= 15 is 0 Å². The standard InChI is InChI=1S/C15H19ClN2O2/c1-4-7-17-8-9-18(15(19)11(17)2)13-10-12(16)5-6-14(13)20-3/h4-6,10-11H,1,7-9H2,2-3H3. The van der Waals surface area contributed by atoms with Gasteiger partial charge in [0.25, 0.3) is 0 Å². The van der Waals surface area contributed by atoms with Gasteiger partial charge in [0, 0.05) is 24.7 Å². The minimum atomic E-state index is -0.176. The highest BCUT2D eigenvalue weighted by Gasteiger charge is 2.32. The van der Waals surface area contributed by atoms with E-state index < -0.39 is 0 Å². The van der Waals surface area contributed by atoms with Crippen molar-refractivity contribution in [2.75, 3.05) is 31.6 Å². The Labute approximate surface area is 124 Å². The van der Waals surface area contributed by atoms with Crippen LogP contribution in [0.5, 0.6) is 5.75 Å². The number of amides is 1. The summed E-state index contributed by atoms with van der Waals surface area (Å²) in [5.74, 6) is 0.714. The highest BCUT2D eigenvalue weighted by atomic mass is 35.5. The highest BCUT2D eigenvalue weighted by Crippen LogP contribution is 2.33. The van der Waals surface area contributed by atoms with Crippen LogP contribution in [0, 0.1) is 0 Å². The summed E-state index contributed by atoms with van der Waals surface area (Å²) in [5.41, 5.74) is 0.732.